The van der Waals surface area contributed by atoms with Gasteiger partial charge in [-0.15, -0.1) is 0 Å². The van der Waals surface area contributed by atoms with Crippen molar-refractivity contribution in [3.63, 3.8) is 0 Å². The molecule has 0 fully saturated rings. The summed E-state index contributed by atoms with van der Waals surface area (Å²) in [6.07, 6.45) is 1.80. The minimum atomic E-state index is -0.115. The number of aromatic nitrogens is 1. The maximum atomic E-state index is 15.3. The van der Waals surface area contributed by atoms with Gasteiger partial charge in [-0.3, -0.25) is 9.78 Å². The number of carbonyl (C=O) groups excluding carboxylic acids is 1. The molecule has 0 atom stereocenters. The first kappa shape index (κ1) is 31.7. The molecule has 0 bridgehead atoms. The molecule has 0 aliphatic rings. The fourth-order valence-electron chi connectivity index (χ4n) is 7.14. The molecule has 7 aromatic carbocycles. The van der Waals surface area contributed by atoms with Crippen molar-refractivity contribution in [2.45, 2.75) is 13.1 Å². The summed E-state index contributed by atoms with van der Waals surface area (Å²) in [7, 11) is 0. The summed E-state index contributed by atoms with van der Waals surface area (Å²) < 4.78 is 0. The third-order valence-corrected chi connectivity index (χ3v) is 9.39. The lowest BCUT2D eigenvalue weighted by Crippen LogP contribution is -2.31. The Hall–Kier alpha value is -6.58. The van der Waals surface area contributed by atoms with E-state index >= 15 is 4.79 Å². The predicted octanol–water partition coefficient (Wildman–Crippen LogP) is 11.7. The quantitative estimate of drug-likeness (QED) is 0.155. The number of carbonyl (C=O) groups is 1. The van der Waals surface area contributed by atoms with Crippen LogP contribution in [0.15, 0.2) is 194 Å². The monoisotopic (exact) mass is 656 g/mol. The summed E-state index contributed by atoms with van der Waals surface area (Å²) in [5.41, 5.74) is 11.1. The molecule has 3 nitrogen and oxygen atoms in total. The van der Waals surface area contributed by atoms with Crippen molar-refractivity contribution >= 4 is 16.7 Å². The molecule has 244 valence electrons. The molecule has 0 saturated carbocycles. The Morgan fingerprint density at radius 3 is 1.20 bits per heavy atom. The van der Waals surface area contributed by atoms with Crippen LogP contribution in [0.4, 0.5) is 0 Å². The zero-order chi connectivity index (χ0) is 34.4. The number of hydrogen-bond acceptors (Lipinski definition) is 2. The maximum Gasteiger partial charge on any atom is 0.273 e. The lowest BCUT2D eigenvalue weighted by atomic mass is 9.78. The summed E-state index contributed by atoms with van der Waals surface area (Å²) in [5.74, 6) is -0.115. The van der Waals surface area contributed by atoms with Crippen molar-refractivity contribution in [1.82, 2.24) is 9.88 Å². The van der Waals surface area contributed by atoms with E-state index in [1.807, 2.05) is 53.4 Å². The Morgan fingerprint density at radius 2 is 0.765 bits per heavy atom. The highest BCUT2D eigenvalue weighted by molar-refractivity contribution is 6.22. The van der Waals surface area contributed by atoms with Crippen LogP contribution in [0, 0.1) is 0 Å². The van der Waals surface area contributed by atoms with Gasteiger partial charge in [0.05, 0.1) is 0 Å². The first-order chi connectivity index (χ1) is 25.3. The molecule has 1 amide bonds. The van der Waals surface area contributed by atoms with Crippen molar-refractivity contribution in [3.05, 3.63) is 211 Å². The van der Waals surface area contributed by atoms with Gasteiger partial charge in [-0.05, 0) is 61.5 Å². The average Bonchev–Trinajstić information content (AvgIpc) is 3.21. The summed E-state index contributed by atoms with van der Waals surface area (Å²) in [4.78, 5) is 22.2. The number of hydrogen-bond donors (Lipinski definition) is 0. The highest BCUT2D eigenvalue weighted by atomic mass is 16.2. The van der Waals surface area contributed by atoms with Crippen LogP contribution in [0.25, 0.3) is 55.3 Å². The molecular formula is C48H36N2O. The van der Waals surface area contributed by atoms with E-state index in [-0.39, 0.29) is 5.91 Å². The molecule has 0 radical (unpaired) electrons. The Morgan fingerprint density at radius 1 is 0.412 bits per heavy atom. The van der Waals surface area contributed by atoms with Crippen LogP contribution in [0.2, 0.25) is 0 Å². The van der Waals surface area contributed by atoms with Gasteiger partial charge in [-0.1, -0.05) is 182 Å². The zero-order valence-corrected chi connectivity index (χ0v) is 28.2. The van der Waals surface area contributed by atoms with E-state index in [4.69, 9.17) is 4.98 Å². The molecule has 3 heteroatoms. The summed E-state index contributed by atoms with van der Waals surface area (Å²) in [6, 6.07) is 64.7. The number of rotatable bonds is 9. The molecule has 8 rings (SSSR count). The van der Waals surface area contributed by atoms with E-state index in [0.29, 0.717) is 18.8 Å². The van der Waals surface area contributed by atoms with Gasteiger partial charge in [0.2, 0.25) is 0 Å². The molecule has 0 saturated heterocycles. The normalized spacial score (nSPS) is 11.0. The van der Waals surface area contributed by atoms with Crippen molar-refractivity contribution in [3.8, 4) is 44.5 Å². The molecule has 8 aromatic rings. The number of pyridine rings is 1. The van der Waals surface area contributed by atoms with Gasteiger partial charge in [-0.2, -0.15) is 0 Å². The van der Waals surface area contributed by atoms with Gasteiger partial charge in [0, 0.05) is 30.2 Å². The molecule has 51 heavy (non-hydrogen) atoms. The highest BCUT2D eigenvalue weighted by Gasteiger charge is 2.29. The van der Waals surface area contributed by atoms with Crippen LogP contribution >= 0.6 is 0 Å². The van der Waals surface area contributed by atoms with Gasteiger partial charge in [-0.25, -0.2) is 0 Å². The molecule has 0 aliphatic carbocycles. The lowest BCUT2D eigenvalue weighted by molar-refractivity contribution is 0.0726. The largest absolute Gasteiger partial charge is 0.329 e. The van der Waals surface area contributed by atoms with E-state index in [0.717, 1.165) is 66.4 Å². The molecule has 0 unspecified atom stereocenters. The first-order valence-electron chi connectivity index (χ1n) is 17.3. The Balaban J connectivity index is 1.50. The molecule has 1 aromatic heterocycles. The van der Waals surface area contributed by atoms with E-state index in [1.165, 1.54) is 0 Å². The van der Waals surface area contributed by atoms with Gasteiger partial charge in [0.15, 0.2) is 0 Å². The van der Waals surface area contributed by atoms with Crippen molar-refractivity contribution in [1.29, 1.82) is 0 Å². The van der Waals surface area contributed by atoms with Gasteiger partial charge < -0.3 is 4.90 Å². The van der Waals surface area contributed by atoms with Crippen molar-refractivity contribution in [2.24, 2.45) is 0 Å². The summed E-state index contributed by atoms with van der Waals surface area (Å²) in [5, 5.41) is 1.83. The van der Waals surface area contributed by atoms with E-state index < -0.39 is 0 Å². The number of fused-ring (bicyclic) bond motifs is 1. The Kier molecular flexibility index (Phi) is 9.00. The lowest BCUT2D eigenvalue weighted by Gasteiger charge is -2.27. The van der Waals surface area contributed by atoms with Crippen molar-refractivity contribution < 1.29 is 4.79 Å². The van der Waals surface area contributed by atoms with Gasteiger partial charge in [0.1, 0.15) is 5.69 Å². The van der Waals surface area contributed by atoms with Crippen LogP contribution in [-0.2, 0) is 13.1 Å². The van der Waals surface area contributed by atoms with Gasteiger partial charge in [0.25, 0.3) is 5.91 Å². The second-order valence-corrected chi connectivity index (χ2v) is 12.7. The zero-order valence-electron chi connectivity index (χ0n) is 28.2. The number of amides is 1. The maximum absolute atomic E-state index is 15.3. The molecule has 0 N–H and O–H groups in total. The van der Waals surface area contributed by atoms with Gasteiger partial charge >= 0.3 is 0 Å². The molecular weight excluding hydrogens is 621 g/mol. The third-order valence-electron chi connectivity index (χ3n) is 9.39. The summed E-state index contributed by atoms with van der Waals surface area (Å²) in [6.45, 7) is 0.902. The second-order valence-electron chi connectivity index (χ2n) is 12.7. The van der Waals surface area contributed by atoms with E-state index in [1.54, 1.807) is 6.20 Å². The number of benzene rings is 7. The summed E-state index contributed by atoms with van der Waals surface area (Å²) >= 11 is 0. The minimum absolute atomic E-state index is 0.115. The molecule has 0 aliphatic heterocycles. The molecule has 1 heterocycles. The van der Waals surface area contributed by atoms with E-state index in [9.17, 15) is 0 Å². The SMILES string of the molecule is O=C(c1nccc2c(-c3ccccc3)c(-c3ccccc3)c(-c3ccccc3)c(-c3ccccc3)c12)N(Cc1ccccc1)Cc1ccccc1. The Bertz CT molecular complexity index is 2350. The standard InChI is InChI=1S/C48H36N2O/c51-48(50(33-35-19-7-1-8-20-35)34-36-21-9-2-10-22-36)47-46-41(31-32-49-47)42(37-23-11-3-12-24-37)43(38-25-13-4-14-26-38)44(39-27-15-5-16-28-39)45(46)40-29-17-6-18-30-40/h1-32H,33-34H2. The fraction of sp³-hybridized carbons (Fsp3) is 0.0417. The number of nitrogens with zero attached hydrogens (tertiary/aromatic N) is 2. The minimum Gasteiger partial charge on any atom is -0.329 e. The third kappa shape index (κ3) is 6.46. The molecule has 0 spiro atoms. The smallest absolute Gasteiger partial charge is 0.273 e. The highest BCUT2D eigenvalue weighted by Crippen LogP contribution is 2.51. The second kappa shape index (κ2) is 14.5. The van der Waals surface area contributed by atoms with Crippen molar-refractivity contribution in [2.75, 3.05) is 0 Å². The van der Waals surface area contributed by atoms with E-state index in [2.05, 4.69) is 140 Å². The van der Waals surface area contributed by atoms with Crippen LogP contribution < -0.4 is 0 Å². The predicted molar refractivity (Wildman–Crippen MR) is 210 cm³/mol. The van der Waals surface area contributed by atoms with Crippen LogP contribution in [0.3, 0.4) is 0 Å². The van der Waals surface area contributed by atoms with Crippen LogP contribution in [-0.4, -0.2) is 15.8 Å². The topological polar surface area (TPSA) is 33.2 Å². The average molecular weight is 657 g/mol. The Labute approximate surface area is 299 Å². The van der Waals surface area contributed by atoms with Crippen LogP contribution in [0.5, 0.6) is 0 Å². The van der Waals surface area contributed by atoms with Crippen LogP contribution in [0.1, 0.15) is 21.6 Å². The fourth-order valence-corrected chi connectivity index (χ4v) is 7.14. The first-order valence-corrected chi connectivity index (χ1v) is 17.3.